The third kappa shape index (κ3) is 1.95. The molecule has 30 heavy (non-hydrogen) atoms. The maximum absolute atomic E-state index is 6.25. The van der Waals surface area contributed by atoms with Crippen LogP contribution in [-0.2, 0) is 0 Å². The summed E-state index contributed by atoms with van der Waals surface area (Å²) in [5.74, 6) is 2.56. The van der Waals surface area contributed by atoms with E-state index in [0.29, 0.717) is 0 Å². The molecule has 140 valence electrons. The molecule has 6 aromatic rings. The molecule has 1 aliphatic heterocycles. The zero-order chi connectivity index (χ0) is 19.7. The fraction of sp³-hybridized carbons (Fsp3) is 0. The van der Waals surface area contributed by atoms with Crippen LogP contribution in [0.15, 0.2) is 91.1 Å². The maximum atomic E-state index is 6.25. The van der Waals surface area contributed by atoms with Gasteiger partial charge in [0.15, 0.2) is 0 Å². The van der Waals surface area contributed by atoms with Crippen molar-refractivity contribution in [3.63, 3.8) is 0 Å². The predicted octanol–water partition coefficient (Wildman–Crippen LogP) is 6.50. The number of pyridine rings is 2. The Morgan fingerprint density at radius 2 is 1.50 bits per heavy atom. The van der Waals surface area contributed by atoms with Gasteiger partial charge in [0, 0.05) is 22.5 Å². The lowest BCUT2D eigenvalue weighted by molar-refractivity contribution is 0.486. The molecule has 0 radical (unpaired) electrons. The molecule has 4 heteroatoms. The number of para-hydroxylation sites is 2. The second-order valence-electron chi connectivity index (χ2n) is 7.48. The Hall–Kier alpha value is -4.18. The summed E-state index contributed by atoms with van der Waals surface area (Å²) in [5, 5.41) is 3.28. The number of fused-ring (bicyclic) bond motifs is 6. The number of ether oxygens (including phenoxy) is 1. The van der Waals surface area contributed by atoms with Gasteiger partial charge < -0.3 is 4.74 Å². The van der Waals surface area contributed by atoms with Gasteiger partial charge in [-0.3, -0.25) is 4.57 Å². The Morgan fingerprint density at radius 3 is 2.43 bits per heavy atom. The average molecular weight is 385 g/mol. The number of nitrogens with zero attached hydrogens (tertiary/aromatic N) is 3. The minimum atomic E-state index is 0.841. The lowest BCUT2D eigenvalue weighted by Crippen LogP contribution is -2.01. The van der Waals surface area contributed by atoms with E-state index in [2.05, 4.69) is 52.0 Å². The number of hydrogen-bond donors (Lipinski definition) is 0. The summed E-state index contributed by atoms with van der Waals surface area (Å²) in [5.41, 5.74) is 5.12. The van der Waals surface area contributed by atoms with Crippen LogP contribution in [0.1, 0.15) is 0 Å². The number of aromatic nitrogens is 3. The van der Waals surface area contributed by atoms with Crippen molar-refractivity contribution in [3.8, 4) is 28.6 Å². The van der Waals surface area contributed by atoms with E-state index in [9.17, 15) is 0 Å². The molecule has 0 N–H and O–H groups in total. The molecule has 0 unspecified atom stereocenters. The summed E-state index contributed by atoms with van der Waals surface area (Å²) in [7, 11) is 0. The van der Waals surface area contributed by atoms with Crippen molar-refractivity contribution < 1.29 is 4.74 Å². The molecule has 7 rings (SSSR count). The average Bonchev–Trinajstić information content (AvgIpc) is 3.14. The van der Waals surface area contributed by atoms with E-state index in [1.54, 1.807) is 0 Å². The molecule has 4 heterocycles. The molecule has 0 atom stereocenters. The fourth-order valence-electron chi connectivity index (χ4n) is 4.60. The molecule has 4 nitrogen and oxygen atoms in total. The molecular weight excluding hydrogens is 370 g/mol. The normalized spacial score (nSPS) is 12.3. The van der Waals surface area contributed by atoms with Gasteiger partial charge in [0.25, 0.3) is 0 Å². The zero-order valence-corrected chi connectivity index (χ0v) is 15.9. The molecule has 3 aromatic heterocycles. The second-order valence-corrected chi connectivity index (χ2v) is 7.48. The molecule has 0 saturated heterocycles. The summed E-state index contributed by atoms with van der Waals surface area (Å²) < 4.78 is 8.46. The van der Waals surface area contributed by atoms with Crippen molar-refractivity contribution in [2.24, 2.45) is 0 Å². The van der Waals surface area contributed by atoms with E-state index < -0.39 is 0 Å². The van der Waals surface area contributed by atoms with Gasteiger partial charge in [-0.05, 0) is 36.4 Å². The first-order valence-corrected chi connectivity index (χ1v) is 9.95. The number of hydrogen-bond acceptors (Lipinski definition) is 3. The smallest absolute Gasteiger partial charge is 0.137 e. The van der Waals surface area contributed by atoms with Gasteiger partial charge in [-0.2, -0.15) is 0 Å². The van der Waals surface area contributed by atoms with Crippen LogP contribution in [0.25, 0.3) is 49.8 Å². The minimum absolute atomic E-state index is 0.841. The topological polar surface area (TPSA) is 39.9 Å². The molecule has 0 bridgehead atoms. The molecule has 0 fully saturated rings. The monoisotopic (exact) mass is 385 g/mol. The molecule has 1 aliphatic rings. The van der Waals surface area contributed by atoms with Gasteiger partial charge in [-0.25, -0.2) is 9.97 Å². The van der Waals surface area contributed by atoms with E-state index in [0.717, 1.165) is 61.3 Å². The van der Waals surface area contributed by atoms with Crippen LogP contribution in [0, 0.1) is 0 Å². The van der Waals surface area contributed by atoms with Gasteiger partial charge in [-0.15, -0.1) is 0 Å². The standard InChI is InChI=1S/C26H15N3O/c1-3-11-19-16(8-1)25-26(29(19)22-14-5-6-15-27-22)18-10-7-13-21-23(18)24(28-25)17-9-2-4-12-20(17)30-21/h1-15H. The number of benzene rings is 3. The summed E-state index contributed by atoms with van der Waals surface area (Å²) in [6.07, 6.45) is 1.83. The Labute approximate surface area is 172 Å². The highest BCUT2D eigenvalue weighted by atomic mass is 16.5. The molecular formula is C26H15N3O. The van der Waals surface area contributed by atoms with Crippen molar-refractivity contribution in [3.05, 3.63) is 91.1 Å². The first-order chi connectivity index (χ1) is 14.9. The van der Waals surface area contributed by atoms with E-state index in [-0.39, 0.29) is 0 Å². The van der Waals surface area contributed by atoms with Crippen LogP contribution >= 0.6 is 0 Å². The Bertz CT molecular complexity index is 1620. The summed E-state index contributed by atoms with van der Waals surface area (Å²) in [4.78, 5) is 9.87. The van der Waals surface area contributed by atoms with Gasteiger partial charge in [0.1, 0.15) is 17.3 Å². The van der Waals surface area contributed by atoms with Crippen molar-refractivity contribution >= 4 is 32.7 Å². The summed E-state index contributed by atoms with van der Waals surface area (Å²) >= 11 is 0. The SMILES string of the molecule is c1ccc(-n2c3ccccc3c3nc4c5c(cccc5c32)Oc2ccccc2-4)nc1. The van der Waals surface area contributed by atoms with E-state index in [4.69, 9.17) is 9.72 Å². The van der Waals surface area contributed by atoms with Gasteiger partial charge >= 0.3 is 0 Å². The minimum Gasteiger partial charge on any atom is -0.456 e. The summed E-state index contributed by atoms with van der Waals surface area (Å²) in [6.45, 7) is 0. The molecule has 0 saturated carbocycles. The first-order valence-electron chi connectivity index (χ1n) is 9.95. The van der Waals surface area contributed by atoms with Gasteiger partial charge in [0.05, 0.1) is 27.6 Å². The van der Waals surface area contributed by atoms with Crippen LogP contribution in [0.2, 0.25) is 0 Å². The fourth-order valence-corrected chi connectivity index (χ4v) is 4.60. The van der Waals surface area contributed by atoms with E-state index >= 15 is 0 Å². The molecule has 0 amide bonds. The van der Waals surface area contributed by atoms with Gasteiger partial charge in [0.2, 0.25) is 0 Å². The lowest BCUT2D eigenvalue weighted by atomic mass is 9.98. The molecule has 0 aliphatic carbocycles. The van der Waals surface area contributed by atoms with Gasteiger partial charge in [-0.1, -0.05) is 48.5 Å². The Kier molecular flexibility index (Phi) is 2.97. The Morgan fingerprint density at radius 1 is 0.700 bits per heavy atom. The molecule has 0 spiro atoms. The van der Waals surface area contributed by atoms with Crippen molar-refractivity contribution in [1.29, 1.82) is 0 Å². The van der Waals surface area contributed by atoms with Crippen molar-refractivity contribution in [1.82, 2.24) is 14.5 Å². The van der Waals surface area contributed by atoms with Crippen LogP contribution in [0.3, 0.4) is 0 Å². The second kappa shape index (κ2) is 5.67. The number of rotatable bonds is 1. The van der Waals surface area contributed by atoms with Crippen LogP contribution < -0.4 is 4.74 Å². The van der Waals surface area contributed by atoms with Crippen LogP contribution in [0.5, 0.6) is 11.5 Å². The predicted molar refractivity (Wildman–Crippen MR) is 119 cm³/mol. The van der Waals surface area contributed by atoms with Crippen LogP contribution in [0.4, 0.5) is 0 Å². The van der Waals surface area contributed by atoms with E-state index in [1.165, 1.54) is 0 Å². The summed E-state index contributed by atoms with van der Waals surface area (Å²) in [6, 6.07) is 28.7. The van der Waals surface area contributed by atoms with Crippen LogP contribution in [-0.4, -0.2) is 14.5 Å². The third-order valence-electron chi connectivity index (χ3n) is 5.83. The maximum Gasteiger partial charge on any atom is 0.137 e. The Balaban J connectivity index is 1.76. The largest absolute Gasteiger partial charge is 0.456 e. The third-order valence-corrected chi connectivity index (χ3v) is 5.83. The highest BCUT2D eigenvalue weighted by Gasteiger charge is 2.25. The zero-order valence-electron chi connectivity index (χ0n) is 15.9. The van der Waals surface area contributed by atoms with Crippen molar-refractivity contribution in [2.45, 2.75) is 0 Å². The van der Waals surface area contributed by atoms with Crippen molar-refractivity contribution in [2.75, 3.05) is 0 Å². The molecule has 3 aromatic carbocycles. The first kappa shape index (κ1) is 15.7. The lowest BCUT2D eigenvalue weighted by Gasteiger charge is -2.21. The van der Waals surface area contributed by atoms with E-state index in [1.807, 2.05) is 48.7 Å². The highest BCUT2D eigenvalue weighted by Crippen LogP contribution is 2.48. The quantitative estimate of drug-likeness (QED) is 0.324. The highest BCUT2D eigenvalue weighted by molar-refractivity contribution is 6.21.